The average molecular weight is 271 g/mol. The summed E-state index contributed by atoms with van der Waals surface area (Å²) in [6, 6.07) is 0. The van der Waals surface area contributed by atoms with Crippen LogP contribution in [-0.2, 0) is 11.3 Å². The van der Waals surface area contributed by atoms with E-state index in [0.29, 0.717) is 11.4 Å². The highest BCUT2D eigenvalue weighted by atomic mass is 32.1. The summed E-state index contributed by atoms with van der Waals surface area (Å²) in [5.74, 6) is -1.20. The number of carbonyl (C=O) groups excluding carboxylic acids is 1. The van der Waals surface area contributed by atoms with Crippen LogP contribution in [0.2, 0.25) is 0 Å². The van der Waals surface area contributed by atoms with Crippen molar-refractivity contribution in [2.24, 2.45) is 11.1 Å². The van der Waals surface area contributed by atoms with Crippen LogP contribution in [0, 0.1) is 5.41 Å². The Balaban J connectivity index is 2.59. The number of rotatable bonds is 6. The SMILES string of the molecule is CCC(C)(CN)C(=O)NCc1nc(C(=O)O)cs1. The number of aromatic nitrogens is 1. The summed E-state index contributed by atoms with van der Waals surface area (Å²) in [6.45, 7) is 4.20. The van der Waals surface area contributed by atoms with Gasteiger partial charge in [-0.2, -0.15) is 0 Å². The molecule has 1 aromatic rings. The number of hydrogen-bond acceptors (Lipinski definition) is 5. The Morgan fingerprint density at radius 3 is 2.72 bits per heavy atom. The van der Waals surface area contributed by atoms with Gasteiger partial charge in [0, 0.05) is 11.9 Å². The van der Waals surface area contributed by atoms with Crippen LogP contribution in [0.1, 0.15) is 35.8 Å². The maximum absolute atomic E-state index is 11.9. The molecular weight excluding hydrogens is 254 g/mol. The molecule has 1 aromatic heterocycles. The van der Waals surface area contributed by atoms with E-state index in [4.69, 9.17) is 10.8 Å². The van der Waals surface area contributed by atoms with E-state index in [1.54, 1.807) is 6.92 Å². The maximum Gasteiger partial charge on any atom is 0.355 e. The van der Waals surface area contributed by atoms with Gasteiger partial charge in [-0.1, -0.05) is 6.92 Å². The van der Waals surface area contributed by atoms with Crippen LogP contribution < -0.4 is 11.1 Å². The van der Waals surface area contributed by atoms with E-state index < -0.39 is 11.4 Å². The third kappa shape index (κ3) is 3.27. The number of aromatic carboxylic acids is 1. The molecule has 0 fully saturated rings. The van der Waals surface area contributed by atoms with E-state index in [-0.39, 0.29) is 24.7 Å². The summed E-state index contributed by atoms with van der Waals surface area (Å²) >= 11 is 1.21. The van der Waals surface area contributed by atoms with Crippen LogP contribution in [0.5, 0.6) is 0 Å². The van der Waals surface area contributed by atoms with Crippen molar-refractivity contribution in [2.75, 3.05) is 6.54 Å². The molecule has 1 unspecified atom stereocenters. The minimum Gasteiger partial charge on any atom is -0.476 e. The fourth-order valence-electron chi connectivity index (χ4n) is 1.26. The predicted octanol–water partition coefficient (Wildman–Crippen LogP) is 0.832. The van der Waals surface area contributed by atoms with Crippen molar-refractivity contribution in [3.8, 4) is 0 Å². The van der Waals surface area contributed by atoms with Crippen molar-refractivity contribution in [3.05, 3.63) is 16.1 Å². The fraction of sp³-hybridized carbons (Fsp3) is 0.545. The van der Waals surface area contributed by atoms with E-state index in [1.807, 2.05) is 6.92 Å². The molecule has 1 atom stereocenters. The molecule has 0 saturated carbocycles. The van der Waals surface area contributed by atoms with Crippen molar-refractivity contribution in [3.63, 3.8) is 0 Å². The molecule has 0 bridgehead atoms. The van der Waals surface area contributed by atoms with E-state index in [2.05, 4.69) is 10.3 Å². The lowest BCUT2D eigenvalue weighted by Crippen LogP contribution is -2.43. The van der Waals surface area contributed by atoms with Crippen LogP contribution in [0.25, 0.3) is 0 Å². The number of amides is 1. The first kappa shape index (κ1) is 14.6. The van der Waals surface area contributed by atoms with Gasteiger partial charge in [0.1, 0.15) is 5.01 Å². The van der Waals surface area contributed by atoms with Gasteiger partial charge in [0.25, 0.3) is 0 Å². The third-order valence-corrected chi connectivity index (χ3v) is 3.80. The number of hydrogen-bond donors (Lipinski definition) is 3. The van der Waals surface area contributed by atoms with Crippen molar-refractivity contribution < 1.29 is 14.7 Å². The lowest BCUT2D eigenvalue weighted by atomic mass is 9.87. The van der Waals surface area contributed by atoms with Gasteiger partial charge >= 0.3 is 5.97 Å². The summed E-state index contributed by atoms with van der Waals surface area (Å²) in [4.78, 5) is 26.4. The Kier molecular flexibility index (Phi) is 4.80. The van der Waals surface area contributed by atoms with Crippen LogP contribution in [0.15, 0.2) is 5.38 Å². The van der Waals surface area contributed by atoms with Crippen LogP contribution in [-0.4, -0.2) is 28.5 Å². The number of carboxylic acids is 1. The molecule has 100 valence electrons. The number of nitrogens with zero attached hydrogens (tertiary/aromatic N) is 1. The first-order chi connectivity index (χ1) is 8.42. The maximum atomic E-state index is 11.9. The highest BCUT2D eigenvalue weighted by molar-refractivity contribution is 7.09. The van der Waals surface area contributed by atoms with E-state index in [1.165, 1.54) is 16.7 Å². The van der Waals surface area contributed by atoms with Crippen LogP contribution >= 0.6 is 11.3 Å². The highest BCUT2D eigenvalue weighted by Gasteiger charge is 2.29. The minimum absolute atomic E-state index is 0.00123. The first-order valence-electron chi connectivity index (χ1n) is 5.59. The summed E-state index contributed by atoms with van der Waals surface area (Å²) in [5.41, 5.74) is 4.99. The second kappa shape index (κ2) is 5.92. The molecule has 0 radical (unpaired) electrons. The van der Waals surface area contributed by atoms with Gasteiger partial charge < -0.3 is 16.2 Å². The second-order valence-electron chi connectivity index (χ2n) is 4.23. The predicted molar refractivity (Wildman–Crippen MR) is 68.4 cm³/mol. The number of thiazole rings is 1. The molecular formula is C11H17N3O3S. The molecule has 0 aliphatic heterocycles. The highest BCUT2D eigenvalue weighted by Crippen LogP contribution is 2.19. The largest absolute Gasteiger partial charge is 0.476 e. The number of carbonyl (C=O) groups is 2. The van der Waals surface area contributed by atoms with Gasteiger partial charge in [-0.3, -0.25) is 4.79 Å². The zero-order valence-electron chi connectivity index (χ0n) is 10.4. The quantitative estimate of drug-likeness (QED) is 0.710. The summed E-state index contributed by atoms with van der Waals surface area (Å²) < 4.78 is 0. The van der Waals surface area contributed by atoms with E-state index in [0.717, 1.165) is 0 Å². The van der Waals surface area contributed by atoms with Gasteiger partial charge in [0.05, 0.1) is 12.0 Å². The van der Waals surface area contributed by atoms with Crippen molar-refractivity contribution in [1.82, 2.24) is 10.3 Å². The summed E-state index contributed by atoms with van der Waals surface area (Å²) in [6.07, 6.45) is 0.646. The van der Waals surface area contributed by atoms with Crippen LogP contribution in [0.3, 0.4) is 0 Å². The van der Waals surface area contributed by atoms with Crippen molar-refractivity contribution in [1.29, 1.82) is 0 Å². The molecule has 6 nitrogen and oxygen atoms in total. The molecule has 4 N–H and O–H groups in total. The molecule has 0 saturated heterocycles. The molecule has 1 rings (SSSR count). The Labute approximate surface area is 109 Å². The zero-order chi connectivity index (χ0) is 13.8. The van der Waals surface area contributed by atoms with Gasteiger partial charge in [0.2, 0.25) is 5.91 Å². The Morgan fingerprint density at radius 1 is 1.61 bits per heavy atom. The first-order valence-corrected chi connectivity index (χ1v) is 6.47. The number of nitrogens with one attached hydrogen (secondary N) is 1. The molecule has 1 heterocycles. The van der Waals surface area contributed by atoms with Gasteiger partial charge in [-0.05, 0) is 13.3 Å². The van der Waals surface area contributed by atoms with Gasteiger partial charge in [0.15, 0.2) is 5.69 Å². The van der Waals surface area contributed by atoms with E-state index >= 15 is 0 Å². The molecule has 7 heteroatoms. The molecule has 0 spiro atoms. The Hall–Kier alpha value is -1.47. The molecule has 0 aliphatic rings. The van der Waals surface area contributed by atoms with Crippen molar-refractivity contribution >= 4 is 23.2 Å². The average Bonchev–Trinajstić information content (AvgIpc) is 2.83. The second-order valence-corrected chi connectivity index (χ2v) is 5.18. The lowest BCUT2D eigenvalue weighted by Gasteiger charge is -2.24. The fourth-order valence-corrected chi connectivity index (χ4v) is 1.96. The normalized spacial score (nSPS) is 13.9. The topological polar surface area (TPSA) is 105 Å². The van der Waals surface area contributed by atoms with Gasteiger partial charge in [-0.15, -0.1) is 11.3 Å². The van der Waals surface area contributed by atoms with E-state index in [9.17, 15) is 9.59 Å². The smallest absolute Gasteiger partial charge is 0.355 e. The molecule has 18 heavy (non-hydrogen) atoms. The standard InChI is InChI=1S/C11H17N3O3S/c1-3-11(2,6-12)10(17)13-4-8-14-7(5-18-8)9(15)16/h5H,3-4,6,12H2,1-2H3,(H,13,17)(H,15,16). The Bertz CT molecular complexity index is 440. The third-order valence-electron chi connectivity index (χ3n) is 2.95. The molecule has 0 aliphatic carbocycles. The minimum atomic E-state index is -1.07. The summed E-state index contributed by atoms with van der Waals surface area (Å²) in [5, 5.41) is 13.5. The molecule has 1 amide bonds. The summed E-state index contributed by atoms with van der Waals surface area (Å²) in [7, 11) is 0. The number of nitrogens with two attached hydrogens (primary N) is 1. The zero-order valence-corrected chi connectivity index (χ0v) is 11.2. The van der Waals surface area contributed by atoms with Crippen LogP contribution in [0.4, 0.5) is 0 Å². The Morgan fingerprint density at radius 2 is 2.28 bits per heavy atom. The number of carboxylic acid groups (broad SMARTS) is 1. The monoisotopic (exact) mass is 271 g/mol. The van der Waals surface area contributed by atoms with Crippen molar-refractivity contribution in [2.45, 2.75) is 26.8 Å². The lowest BCUT2D eigenvalue weighted by molar-refractivity contribution is -0.130. The van der Waals surface area contributed by atoms with Gasteiger partial charge in [-0.25, -0.2) is 9.78 Å². The molecule has 0 aromatic carbocycles.